The van der Waals surface area contributed by atoms with E-state index in [9.17, 15) is 13.2 Å². The molecule has 2 heterocycles. The van der Waals surface area contributed by atoms with Crippen LogP contribution in [0.1, 0.15) is 32.3 Å². The van der Waals surface area contributed by atoms with Crippen LogP contribution in [0.2, 0.25) is 0 Å². The lowest BCUT2D eigenvalue weighted by Crippen LogP contribution is -2.41. The lowest BCUT2D eigenvalue weighted by molar-refractivity contribution is -0.137. The van der Waals surface area contributed by atoms with Gasteiger partial charge in [-0.1, -0.05) is 6.92 Å². The van der Waals surface area contributed by atoms with E-state index in [0.29, 0.717) is 11.7 Å². The van der Waals surface area contributed by atoms with E-state index in [1.54, 1.807) is 0 Å². The molecule has 0 bridgehead atoms. The number of nitrogens with zero attached hydrogens (tertiary/aromatic N) is 2. The Morgan fingerprint density at radius 3 is 2.58 bits per heavy atom. The monoisotopic (exact) mass is 273 g/mol. The molecule has 106 valence electrons. The van der Waals surface area contributed by atoms with Gasteiger partial charge in [-0.05, 0) is 37.8 Å². The number of nitrogens with two attached hydrogens (primary N) is 1. The third kappa shape index (κ3) is 3.11. The Morgan fingerprint density at radius 1 is 1.26 bits per heavy atom. The van der Waals surface area contributed by atoms with Crippen molar-refractivity contribution in [3.63, 3.8) is 0 Å². The molecule has 0 aromatic carbocycles. The average Bonchev–Trinajstić information content (AvgIpc) is 2.30. The Hall–Kier alpha value is -1.46. The topological polar surface area (TPSA) is 42.1 Å². The fourth-order valence-electron chi connectivity index (χ4n) is 2.46. The van der Waals surface area contributed by atoms with Crippen LogP contribution < -0.4 is 10.6 Å². The summed E-state index contributed by atoms with van der Waals surface area (Å²) in [4.78, 5) is 5.98. The zero-order valence-corrected chi connectivity index (χ0v) is 11.0. The van der Waals surface area contributed by atoms with Crippen molar-refractivity contribution >= 4 is 11.6 Å². The molecule has 1 aromatic rings. The second-order valence-corrected chi connectivity index (χ2v) is 5.32. The van der Waals surface area contributed by atoms with Gasteiger partial charge in [0, 0.05) is 12.6 Å². The van der Waals surface area contributed by atoms with Crippen molar-refractivity contribution in [3.8, 4) is 0 Å². The van der Waals surface area contributed by atoms with E-state index >= 15 is 0 Å². The quantitative estimate of drug-likeness (QED) is 0.853. The van der Waals surface area contributed by atoms with Crippen molar-refractivity contribution in [2.45, 2.75) is 38.9 Å². The summed E-state index contributed by atoms with van der Waals surface area (Å²) >= 11 is 0. The molecule has 2 atom stereocenters. The molecule has 2 unspecified atom stereocenters. The van der Waals surface area contributed by atoms with E-state index < -0.39 is 11.7 Å². The third-order valence-corrected chi connectivity index (χ3v) is 3.57. The third-order valence-electron chi connectivity index (χ3n) is 3.57. The van der Waals surface area contributed by atoms with E-state index in [1.165, 1.54) is 0 Å². The Bertz CT molecular complexity index is 459. The maximum absolute atomic E-state index is 12.8. The molecule has 1 aromatic heterocycles. The molecule has 1 saturated heterocycles. The molecule has 0 saturated carbocycles. The predicted molar refractivity (Wildman–Crippen MR) is 68.9 cm³/mol. The van der Waals surface area contributed by atoms with Crippen molar-refractivity contribution < 1.29 is 13.2 Å². The summed E-state index contributed by atoms with van der Waals surface area (Å²) in [6.45, 7) is 4.81. The maximum Gasteiger partial charge on any atom is 0.416 e. The first-order chi connectivity index (χ1) is 8.77. The number of nitrogen functional groups attached to an aromatic ring is 1. The molecule has 19 heavy (non-hydrogen) atoms. The Balaban J connectivity index is 2.36. The molecule has 6 heteroatoms. The maximum atomic E-state index is 12.8. The summed E-state index contributed by atoms with van der Waals surface area (Å²) in [5, 5.41) is 0. The van der Waals surface area contributed by atoms with Gasteiger partial charge in [-0.15, -0.1) is 0 Å². The Kier molecular flexibility index (Phi) is 3.60. The molecule has 1 fully saturated rings. The van der Waals surface area contributed by atoms with Crippen LogP contribution in [0.5, 0.6) is 0 Å². The van der Waals surface area contributed by atoms with Crippen LogP contribution in [0.25, 0.3) is 0 Å². The molecule has 3 nitrogen and oxygen atoms in total. The van der Waals surface area contributed by atoms with Crippen LogP contribution in [0, 0.1) is 5.92 Å². The van der Waals surface area contributed by atoms with Crippen LogP contribution in [0.3, 0.4) is 0 Å². The van der Waals surface area contributed by atoms with E-state index in [-0.39, 0.29) is 11.9 Å². The molecule has 0 radical (unpaired) electrons. The lowest BCUT2D eigenvalue weighted by Gasteiger charge is -2.38. The minimum atomic E-state index is -4.39. The fraction of sp³-hybridized carbons (Fsp3) is 0.615. The van der Waals surface area contributed by atoms with Crippen molar-refractivity contribution in [3.05, 3.63) is 17.7 Å². The molecule has 0 spiro atoms. The Labute approximate surface area is 110 Å². The van der Waals surface area contributed by atoms with E-state index in [2.05, 4.69) is 11.9 Å². The summed E-state index contributed by atoms with van der Waals surface area (Å²) < 4.78 is 38.4. The highest BCUT2D eigenvalue weighted by molar-refractivity contribution is 5.50. The number of pyridine rings is 1. The lowest BCUT2D eigenvalue weighted by atomic mass is 9.95. The smallest absolute Gasteiger partial charge is 0.384 e. The van der Waals surface area contributed by atoms with Gasteiger partial charge >= 0.3 is 6.18 Å². The van der Waals surface area contributed by atoms with Gasteiger partial charge in [0.1, 0.15) is 11.6 Å². The van der Waals surface area contributed by atoms with Gasteiger partial charge < -0.3 is 10.6 Å². The molecule has 1 aliphatic heterocycles. The highest BCUT2D eigenvalue weighted by Gasteiger charge is 2.33. The number of anilines is 2. The predicted octanol–water partition coefficient (Wildman–Crippen LogP) is 3.31. The SMILES string of the molecule is CC1CCC(C)N(c2cc(C(F)(F)F)cc(N)n2)C1. The summed E-state index contributed by atoms with van der Waals surface area (Å²) in [5.74, 6) is 0.690. The number of aromatic nitrogens is 1. The average molecular weight is 273 g/mol. The largest absolute Gasteiger partial charge is 0.416 e. The number of hydrogen-bond donors (Lipinski definition) is 1. The van der Waals surface area contributed by atoms with Crippen LogP contribution in [0.4, 0.5) is 24.8 Å². The van der Waals surface area contributed by atoms with Gasteiger partial charge in [0.15, 0.2) is 0 Å². The van der Waals surface area contributed by atoms with Gasteiger partial charge in [-0.25, -0.2) is 4.98 Å². The second kappa shape index (κ2) is 4.90. The molecular weight excluding hydrogens is 255 g/mol. The molecule has 0 aliphatic carbocycles. The summed E-state index contributed by atoms with van der Waals surface area (Å²) in [5.41, 5.74) is 4.77. The molecular formula is C13H18F3N3. The van der Waals surface area contributed by atoms with Crippen molar-refractivity contribution in [2.75, 3.05) is 17.2 Å². The van der Waals surface area contributed by atoms with Crippen LogP contribution in [-0.4, -0.2) is 17.6 Å². The number of rotatable bonds is 1. The minimum absolute atomic E-state index is 0.0877. The molecule has 0 amide bonds. The van der Waals surface area contributed by atoms with Gasteiger partial charge in [0.2, 0.25) is 0 Å². The van der Waals surface area contributed by atoms with E-state index in [4.69, 9.17) is 5.73 Å². The number of hydrogen-bond acceptors (Lipinski definition) is 3. The zero-order chi connectivity index (χ0) is 14.2. The summed E-state index contributed by atoms with van der Waals surface area (Å²) in [7, 11) is 0. The van der Waals surface area contributed by atoms with Gasteiger partial charge in [0.25, 0.3) is 0 Å². The van der Waals surface area contributed by atoms with E-state index in [1.807, 2.05) is 11.8 Å². The molecule has 2 rings (SSSR count). The van der Waals surface area contributed by atoms with Gasteiger partial charge in [-0.2, -0.15) is 13.2 Å². The van der Waals surface area contributed by atoms with Crippen molar-refractivity contribution in [1.29, 1.82) is 0 Å². The zero-order valence-electron chi connectivity index (χ0n) is 11.0. The number of piperidine rings is 1. The minimum Gasteiger partial charge on any atom is -0.384 e. The first kappa shape index (κ1) is 14.0. The Morgan fingerprint density at radius 2 is 1.95 bits per heavy atom. The summed E-state index contributed by atoms with van der Waals surface area (Å²) in [6, 6.07) is 2.15. The van der Waals surface area contributed by atoms with Crippen LogP contribution in [-0.2, 0) is 6.18 Å². The number of halogens is 3. The highest BCUT2D eigenvalue weighted by atomic mass is 19.4. The molecule has 2 N–H and O–H groups in total. The van der Waals surface area contributed by atoms with Gasteiger partial charge in [0.05, 0.1) is 5.56 Å². The second-order valence-electron chi connectivity index (χ2n) is 5.32. The normalized spacial score (nSPS) is 24.6. The van der Waals surface area contributed by atoms with E-state index in [0.717, 1.165) is 31.5 Å². The standard InChI is InChI=1S/C13H18F3N3/c1-8-3-4-9(2)19(7-8)12-6-10(13(14,15)16)5-11(17)18-12/h5-6,8-9H,3-4,7H2,1-2H3,(H2,17,18). The fourth-order valence-corrected chi connectivity index (χ4v) is 2.46. The highest BCUT2D eigenvalue weighted by Crippen LogP contribution is 2.34. The first-order valence-electron chi connectivity index (χ1n) is 6.39. The van der Waals surface area contributed by atoms with Crippen molar-refractivity contribution in [2.24, 2.45) is 5.92 Å². The van der Waals surface area contributed by atoms with Crippen LogP contribution in [0.15, 0.2) is 12.1 Å². The number of alkyl halides is 3. The van der Waals surface area contributed by atoms with Gasteiger partial charge in [-0.3, -0.25) is 0 Å². The molecule has 1 aliphatic rings. The van der Waals surface area contributed by atoms with Crippen molar-refractivity contribution in [1.82, 2.24) is 4.98 Å². The first-order valence-corrected chi connectivity index (χ1v) is 6.39. The van der Waals surface area contributed by atoms with Crippen LogP contribution >= 0.6 is 0 Å². The summed E-state index contributed by atoms with van der Waals surface area (Å²) in [6.07, 6.45) is -2.35.